The smallest absolute Gasteiger partial charge is 0.258 e. The van der Waals surface area contributed by atoms with Crippen molar-refractivity contribution in [3.63, 3.8) is 0 Å². The highest BCUT2D eigenvalue weighted by Crippen LogP contribution is 2.29. The molecule has 0 radical (unpaired) electrons. The van der Waals surface area contributed by atoms with Gasteiger partial charge in [-0.25, -0.2) is 0 Å². The lowest BCUT2D eigenvalue weighted by Crippen LogP contribution is -1.95. The lowest BCUT2D eigenvalue weighted by molar-refractivity contribution is 0.432. The highest BCUT2D eigenvalue weighted by Gasteiger charge is 2.12. The van der Waals surface area contributed by atoms with E-state index in [9.17, 15) is 0 Å². The Morgan fingerprint density at radius 1 is 1.32 bits per heavy atom. The predicted octanol–water partition coefficient (Wildman–Crippen LogP) is 3.69. The Morgan fingerprint density at radius 3 is 2.95 bits per heavy atom. The molecule has 2 heterocycles. The Kier molecular flexibility index (Phi) is 3.46. The number of halogens is 1. The maximum Gasteiger partial charge on any atom is 0.258 e. The quantitative estimate of drug-likeness (QED) is 0.792. The average Bonchev–Trinajstić information content (AvgIpc) is 3.07. The Morgan fingerprint density at radius 2 is 2.21 bits per heavy atom. The Labute approximate surface area is 122 Å². The fourth-order valence-electron chi connectivity index (χ4n) is 1.70. The van der Waals surface area contributed by atoms with Gasteiger partial charge in [-0.05, 0) is 39.7 Å². The number of rotatable bonds is 3. The fourth-order valence-corrected chi connectivity index (χ4v) is 3.05. The van der Waals surface area contributed by atoms with E-state index in [1.807, 2.05) is 35.7 Å². The van der Waals surface area contributed by atoms with Crippen molar-refractivity contribution in [3.05, 3.63) is 45.7 Å². The summed E-state index contributed by atoms with van der Waals surface area (Å²) in [6, 6.07) is 9.76. The topological polar surface area (TPSA) is 64.9 Å². The Hall–Kier alpha value is -1.50. The van der Waals surface area contributed by atoms with E-state index in [4.69, 9.17) is 10.3 Å². The molecule has 3 rings (SSSR count). The first kappa shape index (κ1) is 12.5. The molecule has 19 heavy (non-hydrogen) atoms. The van der Waals surface area contributed by atoms with Gasteiger partial charge in [-0.3, -0.25) is 0 Å². The molecule has 2 N–H and O–H groups in total. The molecule has 0 saturated heterocycles. The number of thiophene rings is 1. The molecular formula is C13H10BrN3OS. The largest absolute Gasteiger partial charge is 0.334 e. The predicted molar refractivity (Wildman–Crippen MR) is 78.6 cm³/mol. The van der Waals surface area contributed by atoms with Crippen molar-refractivity contribution < 1.29 is 4.52 Å². The van der Waals surface area contributed by atoms with Gasteiger partial charge in [0.2, 0.25) is 5.82 Å². The van der Waals surface area contributed by atoms with E-state index >= 15 is 0 Å². The summed E-state index contributed by atoms with van der Waals surface area (Å²) in [7, 11) is 0. The number of benzene rings is 1. The van der Waals surface area contributed by atoms with Crippen molar-refractivity contribution in [1.29, 1.82) is 0 Å². The molecule has 0 fully saturated rings. The highest BCUT2D eigenvalue weighted by atomic mass is 79.9. The van der Waals surface area contributed by atoms with Crippen LogP contribution in [0.1, 0.15) is 5.56 Å². The van der Waals surface area contributed by atoms with Gasteiger partial charge in [-0.15, -0.1) is 11.3 Å². The third-order valence-corrected chi connectivity index (χ3v) is 4.31. The molecule has 0 unspecified atom stereocenters. The van der Waals surface area contributed by atoms with Crippen molar-refractivity contribution in [3.8, 4) is 22.2 Å². The number of nitrogens with two attached hydrogens (primary N) is 1. The van der Waals surface area contributed by atoms with Crippen LogP contribution in [0.2, 0.25) is 0 Å². The van der Waals surface area contributed by atoms with Gasteiger partial charge in [0.1, 0.15) is 0 Å². The summed E-state index contributed by atoms with van der Waals surface area (Å²) < 4.78 is 6.32. The fraction of sp³-hybridized carbons (Fsp3) is 0.0769. The van der Waals surface area contributed by atoms with E-state index < -0.39 is 0 Å². The van der Waals surface area contributed by atoms with Crippen molar-refractivity contribution >= 4 is 27.3 Å². The minimum Gasteiger partial charge on any atom is -0.334 e. The van der Waals surface area contributed by atoms with Crippen LogP contribution in [0.15, 0.2) is 44.7 Å². The SMILES string of the molecule is NCc1cccc(-c2nc(-c3cc(Br)cs3)no2)c1. The molecule has 0 aliphatic carbocycles. The number of hydrogen-bond donors (Lipinski definition) is 1. The normalized spacial score (nSPS) is 10.8. The summed E-state index contributed by atoms with van der Waals surface area (Å²) in [5.41, 5.74) is 7.55. The summed E-state index contributed by atoms with van der Waals surface area (Å²) in [6.07, 6.45) is 0. The van der Waals surface area contributed by atoms with E-state index in [0.717, 1.165) is 20.5 Å². The average molecular weight is 336 g/mol. The van der Waals surface area contributed by atoms with E-state index in [1.54, 1.807) is 11.3 Å². The minimum atomic E-state index is 0.493. The third-order valence-electron chi connectivity index (χ3n) is 2.62. The first-order valence-electron chi connectivity index (χ1n) is 5.64. The molecule has 0 aliphatic heterocycles. The third kappa shape index (κ3) is 2.60. The molecule has 96 valence electrons. The molecule has 4 nitrogen and oxygen atoms in total. The second kappa shape index (κ2) is 5.24. The Balaban J connectivity index is 1.96. The lowest BCUT2D eigenvalue weighted by Gasteiger charge is -1.97. The van der Waals surface area contributed by atoms with Crippen LogP contribution >= 0.6 is 27.3 Å². The van der Waals surface area contributed by atoms with Gasteiger partial charge in [0, 0.05) is 22.0 Å². The molecule has 3 aromatic rings. The maximum atomic E-state index is 5.63. The molecule has 0 aliphatic rings. The van der Waals surface area contributed by atoms with E-state index in [-0.39, 0.29) is 0 Å². The van der Waals surface area contributed by atoms with Crippen LogP contribution in [0.4, 0.5) is 0 Å². The first-order valence-corrected chi connectivity index (χ1v) is 7.31. The molecule has 1 aromatic carbocycles. The Bertz CT molecular complexity index is 707. The zero-order valence-corrected chi connectivity index (χ0v) is 12.2. The van der Waals surface area contributed by atoms with Gasteiger partial charge in [0.25, 0.3) is 5.89 Å². The van der Waals surface area contributed by atoms with Gasteiger partial charge in [0.05, 0.1) is 4.88 Å². The van der Waals surface area contributed by atoms with Gasteiger partial charge in [-0.2, -0.15) is 4.98 Å². The lowest BCUT2D eigenvalue weighted by atomic mass is 10.1. The molecule has 0 saturated carbocycles. The van der Waals surface area contributed by atoms with Crippen LogP contribution in [-0.4, -0.2) is 10.1 Å². The molecule has 0 amide bonds. The number of nitrogens with zero attached hydrogens (tertiary/aromatic N) is 2. The van der Waals surface area contributed by atoms with Crippen LogP contribution < -0.4 is 5.73 Å². The van der Waals surface area contributed by atoms with Crippen molar-refractivity contribution in [2.75, 3.05) is 0 Å². The van der Waals surface area contributed by atoms with Crippen LogP contribution in [0.25, 0.3) is 22.2 Å². The molecule has 2 aromatic heterocycles. The van der Waals surface area contributed by atoms with Crippen molar-refractivity contribution in [1.82, 2.24) is 10.1 Å². The second-order valence-corrected chi connectivity index (χ2v) is 5.78. The zero-order valence-electron chi connectivity index (χ0n) is 9.84. The van der Waals surface area contributed by atoms with Crippen LogP contribution in [0.5, 0.6) is 0 Å². The number of aromatic nitrogens is 2. The summed E-state index contributed by atoms with van der Waals surface area (Å²) in [5, 5.41) is 5.99. The maximum absolute atomic E-state index is 5.63. The van der Waals surface area contributed by atoms with Crippen molar-refractivity contribution in [2.45, 2.75) is 6.54 Å². The van der Waals surface area contributed by atoms with Gasteiger partial charge in [0.15, 0.2) is 0 Å². The van der Waals surface area contributed by atoms with Crippen LogP contribution in [-0.2, 0) is 6.54 Å². The molecule has 0 bridgehead atoms. The second-order valence-electron chi connectivity index (χ2n) is 3.96. The van der Waals surface area contributed by atoms with Gasteiger partial charge in [-0.1, -0.05) is 17.3 Å². The molecule has 0 atom stereocenters. The summed E-state index contributed by atoms with van der Waals surface area (Å²) in [6.45, 7) is 0.493. The highest BCUT2D eigenvalue weighted by molar-refractivity contribution is 9.10. The first-order chi connectivity index (χ1) is 9.26. The van der Waals surface area contributed by atoms with Crippen LogP contribution in [0.3, 0.4) is 0 Å². The monoisotopic (exact) mass is 335 g/mol. The number of hydrogen-bond acceptors (Lipinski definition) is 5. The van der Waals surface area contributed by atoms with Gasteiger partial charge < -0.3 is 10.3 Å². The van der Waals surface area contributed by atoms with Crippen molar-refractivity contribution in [2.24, 2.45) is 5.73 Å². The van der Waals surface area contributed by atoms with E-state index in [0.29, 0.717) is 18.3 Å². The van der Waals surface area contributed by atoms with E-state index in [1.165, 1.54) is 0 Å². The minimum absolute atomic E-state index is 0.493. The summed E-state index contributed by atoms with van der Waals surface area (Å²) >= 11 is 4.98. The summed E-state index contributed by atoms with van der Waals surface area (Å²) in [4.78, 5) is 5.38. The standard InChI is InChI=1S/C13H10BrN3OS/c14-10-5-11(19-7-10)12-16-13(18-17-12)9-3-1-2-8(4-9)6-15/h1-5,7H,6,15H2. The summed E-state index contributed by atoms with van der Waals surface area (Å²) in [5.74, 6) is 1.11. The molecular weight excluding hydrogens is 326 g/mol. The molecule has 6 heteroatoms. The zero-order chi connectivity index (χ0) is 13.2. The van der Waals surface area contributed by atoms with E-state index in [2.05, 4.69) is 26.1 Å². The van der Waals surface area contributed by atoms with Crippen LogP contribution in [0, 0.1) is 0 Å². The van der Waals surface area contributed by atoms with Gasteiger partial charge >= 0.3 is 0 Å². The molecule has 0 spiro atoms.